The Morgan fingerprint density at radius 2 is 2.05 bits per heavy atom. The van der Waals surface area contributed by atoms with Crippen LogP contribution in [-0.2, 0) is 14.2 Å². The number of halogens is 1. The molecule has 2 rings (SSSR count). The molecule has 0 fully saturated rings. The topological polar surface area (TPSA) is 69.2 Å². The summed E-state index contributed by atoms with van der Waals surface area (Å²) < 4.78 is 21.2. The third-order valence-corrected chi connectivity index (χ3v) is 3.60. The molecule has 0 spiro atoms. The van der Waals surface area contributed by atoms with Crippen LogP contribution in [0.2, 0.25) is 5.02 Å². The van der Waals surface area contributed by atoms with E-state index in [4.69, 9.17) is 30.5 Å². The van der Waals surface area contributed by atoms with E-state index < -0.39 is 12.5 Å². The van der Waals surface area contributed by atoms with Gasteiger partial charge in [-0.25, -0.2) is 0 Å². The van der Waals surface area contributed by atoms with Gasteiger partial charge in [0.2, 0.25) is 0 Å². The van der Waals surface area contributed by atoms with E-state index in [1.54, 1.807) is 18.2 Å². The van der Waals surface area contributed by atoms with Gasteiger partial charge in [0.1, 0.15) is 23.1 Å². The molecule has 0 aromatic heterocycles. The Kier molecular flexibility index (Phi) is 5.90. The van der Waals surface area contributed by atoms with Crippen molar-refractivity contribution in [1.29, 1.82) is 0 Å². The molecular weight excluding hydrogens is 310 g/mol. The van der Waals surface area contributed by atoms with E-state index in [9.17, 15) is 5.11 Å². The summed E-state index contributed by atoms with van der Waals surface area (Å²) in [5.41, 5.74) is 1.17. The van der Waals surface area contributed by atoms with Gasteiger partial charge in [-0.2, -0.15) is 0 Å². The van der Waals surface area contributed by atoms with Gasteiger partial charge in [-0.1, -0.05) is 11.6 Å². The summed E-state index contributed by atoms with van der Waals surface area (Å²) in [6, 6.07) is 3.42. The summed E-state index contributed by atoms with van der Waals surface area (Å²) in [6.45, 7) is 2.58. The van der Waals surface area contributed by atoms with Gasteiger partial charge < -0.3 is 29.4 Å². The van der Waals surface area contributed by atoms with Crippen molar-refractivity contribution in [2.45, 2.75) is 19.4 Å². The molecule has 1 unspecified atom stereocenters. The molecule has 0 radical (unpaired) electrons. The van der Waals surface area contributed by atoms with E-state index in [1.165, 1.54) is 14.2 Å². The Hall–Kier alpha value is -1.47. The number of fused-ring (bicyclic) bond motifs is 1. The first-order valence-corrected chi connectivity index (χ1v) is 7.28. The van der Waals surface area contributed by atoms with Crippen molar-refractivity contribution >= 4 is 23.0 Å². The van der Waals surface area contributed by atoms with Crippen LogP contribution >= 0.6 is 11.6 Å². The van der Waals surface area contributed by atoms with Crippen LogP contribution in [-0.4, -0.2) is 45.1 Å². The van der Waals surface area contributed by atoms with Gasteiger partial charge in [-0.05, 0) is 19.1 Å². The zero-order chi connectivity index (χ0) is 16.1. The molecule has 1 aromatic rings. The van der Waals surface area contributed by atoms with Crippen LogP contribution < -0.4 is 10.1 Å². The van der Waals surface area contributed by atoms with Crippen LogP contribution in [0.25, 0.3) is 5.76 Å². The second-order valence-corrected chi connectivity index (χ2v) is 4.96. The average Bonchev–Trinajstić information content (AvgIpc) is 2.51. The molecule has 0 saturated carbocycles. The number of methoxy groups -OCH3 is 2. The monoisotopic (exact) mass is 329 g/mol. The highest BCUT2D eigenvalue weighted by molar-refractivity contribution is 6.35. The van der Waals surface area contributed by atoms with E-state index in [1.807, 2.05) is 6.92 Å². The van der Waals surface area contributed by atoms with E-state index in [0.717, 1.165) is 0 Å². The molecule has 1 aliphatic heterocycles. The minimum absolute atomic E-state index is 0.118. The summed E-state index contributed by atoms with van der Waals surface area (Å²) >= 11 is 6.36. The predicted octanol–water partition coefficient (Wildman–Crippen LogP) is 3.02. The number of benzene rings is 1. The highest BCUT2D eigenvalue weighted by atomic mass is 35.5. The highest BCUT2D eigenvalue weighted by Crippen LogP contribution is 2.40. The number of aliphatic hydroxyl groups is 1. The number of hydrogen-bond acceptors (Lipinski definition) is 6. The Morgan fingerprint density at radius 3 is 2.68 bits per heavy atom. The van der Waals surface area contributed by atoms with Crippen molar-refractivity contribution in [1.82, 2.24) is 0 Å². The van der Waals surface area contributed by atoms with Crippen molar-refractivity contribution in [2.75, 3.05) is 32.8 Å². The zero-order valence-corrected chi connectivity index (χ0v) is 13.5. The summed E-state index contributed by atoms with van der Waals surface area (Å²) in [5.74, 6) is 0.587. The maximum atomic E-state index is 10.1. The zero-order valence-electron chi connectivity index (χ0n) is 12.8. The Balaban J connectivity index is 2.20. The van der Waals surface area contributed by atoms with Crippen LogP contribution in [0.4, 0.5) is 5.69 Å². The maximum Gasteiger partial charge on any atom is 0.191 e. The van der Waals surface area contributed by atoms with E-state index >= 15 is 0 Å². The molecule has 7 heteroatoms. The first-order chi connectivity index (χ1) is 10.6. The fourth-order valence-corrected chi connectivity index (χ4v) is 2.37. The standard InChI is InChI=1S/C15H20ClNO5/c1-4-21-12-7-10(18)9-5-6-11(14(16)15(9)17-12)22-8-13(19-2)20-3/h5-7,12-13,17-18H,4,8H2,1-3H3. The van der Waals surface area contributed by atoms with Gasteiger partial charge in [-0.15, -0.1) is 0 Å². The summed E-state index contributed by atoms with van der Waals surface area (Å²) in [5, 5.41) is 13.6. The second-order valence-electron chi connectivity index (χ2n) is 4.58. The highest BCUT2D eigenvalue weighted by Gasteiger charge is 2.23. The average molecular weight is 330 g/mol. The van der Waals surface area contributed by atoms with Gasteiger partial charge >= 0.3 is 0 Å². The first-order valence-electron chi connectivity index (χ1n) is 6.90. The molecule has 0 bridgehead atoms. The third-order valence-electron chi connectivity index (χ3n) is 3.23. The summed E-state index contributed by atoms with van der Waals surface area (Å²) in [6.07, 6.45) is 0.676. The molecule has 0 amide bonds. The van der Waals surface area contributed by atoms with Crippen LogP contribution in [0.5, 0.6) is 5.75 Å². The van der Waals surface area contributed by atoms with Crippen molar-refractivity contribution in [3.8, 4) is 5.75 Å². The number of ether oxygens (including phenoxy) is 4. The van der Waals surface area contributed by atoms with Gasteiger partial charge in [0, 0.05) is 32.5 Å². The fourth-order valence-electron chi connectivity index (χ4n) is 2.10. The Labute approximate surface area is 134 Å². The van der Waals surface area contributed by atoms with Crippen molar-refractivity contribution < 1.29 is 24.1 Å². The molecule has 1 aliphatic rings. The van der Waals surface area contributed by atoms with Crippen LogP contribution in [0.3, 0.4) is 0 Å². The quantitative estimate of drug-likeness (QED) is 0.749. The largest absolute Gasteiger partial charge is 0.507 e. The van der Waals surface area contributed by atoms with Crippen molar-refractivity contribution in [2.24, 2.45) is 0 Å². The maximum absolute atomic E-state index is 10.1. The molecule has 122 valence electrons. The normalized spacial score (nSPS) is 17.0. The number of aliphatic hydroxyl groups excluding tert-OH is 1. The van der Waals surface area contributed by atoms with Gasteiger partial charge in [0.25, 0.3) is 0 Å². The van der Waals surface area contributed by atoms with E-state index in [-0.39, 0.29) is 12.4 Å². The molecular formula is C15H20ClNO5. The lowest BCUT2D eigenvalue weighted by Crippen LogP contribution is -2.25. The molecule has 1 heterocycles. The second kappa shape index (κ2) is 7.69. The molecule has 0 saturated heterocycles. The van der Waals surface area contributed by atoms with Crippen molar-refractivity contribution in [3.63, 3.8) is 0 Å². The lowest BCUT2D eigenvalue weighted by Gasteiger charge is -2.25. The molecule has 1 aromatic carbocycles. The number of hydrogen-bond donors (Lipinski definition) is 2. The predicted molar refractivity (Wildman–Crippen MR) is 84.4 cm³/mol. The molecule has 6 nitrogen and oxygen atoms in total. The SMILES string of the molecule is CCOC1C=C(O)c2ccc(OCC(OC)OC)c(Cl)c2N1. The number of rotatable bonds is 7. The number of anilines is 1. The minimum atomic E-state index is -0.482. The van der Waals surface area contributed by atoms with Gasteiger partial charge in [-0.3, -0.25) is 0 Å². The number of nitrogens with one attached hydrogen (secondary N) is 1. The van der Waals surface area contributed by atoms with Crippen LogP contribution in [0, 0.1) is 0 Å². The summed E-state index contributed by atoms with van der Waals surface area (Å²) in [7, 11) is 3.06. The molecule has 0 aliphatic carbocycles. The molecule has 22 heavy (non-hydrogen) atoms. The smallest absolute Gasteiger partial charge is 0.191 e. The van der Waals surface area contributed by atoms with Crippen LogP contribution in [0.1, 0.15) is 12.5 Å². The fraction of sp³-hybridized carbons (Fsp3) is 0.467. The minimum Gasteiger partial charge on any atom is -0.507 e. The lowest BCUT2D eigenvalue weighted by molar-refractivity contribution is -0.121. The lowest BCUT2D eigenvalue weighted by atomic mass is 10.1. The Bertz CT molecular complexity index is 545. The van der Waals surface area contributed by atoms with Crippen LogP contribution in [0.15, 0.2) is 18.2 Å². The van der Waals surface area contributed by atoms with E-state index in [2.05, 4.69) is 5.32 Å². The molecule has 1 atom stereocenters. The third kappa shape index (κ3) is 3.64. The van der Waals surface area contributed by atoms with Crippen molar-refractivity contribution in [3.05, 3.63) is 28.8 Å². The first kappa shape index (κ1) is 16.9. The Morgan fingerprint density at radius 1 is 1.32 bits per heavy atom. The summed E-state index contributed by atoms with van der Waals surface area (Å²) in [4.78, 5) is 0. The van der Waals surface area contributed by atoms with E-state index in [0.29, 0.717) is 28.6 Å². The van der Waals surface area contributed by atoms with Gasteiger partial charge in [0.05, 0.1) is 5.69 Å². The van der Waals surface area contributed by atoms with Gasteiger partial charge in [0.15, 0.2) is 12.5 Å². The molecule has 2 N–H and O–H groups in total.